The zero-order chi connectivity index (χ0) is 20.1. The van der Waals surface area contributed by atoms with Crippen molar-refractivity contribution in [2.75, 3.05) is 12.5 Å². The van der Waals surface area contributed by atoms with Crippen LogP contribution < -0.4 is 0 Å². The molecule has 0 bridgehead atoms. The van der Waals surface area contributed by atoms with Crippen molar-refractivity contribution >= 4 is 46.7 Å². The average molecular weight is 457 g/mol. The Kier molecular flexibility index (Phi) is 8.24. The number of nitrogens with zero attached hydrogens (tertiary/aromatic N) is 4. The van der Waals surface area contributed by atoms with Gasteiger partial charge >= 0.3 is 12.4 Å². The van der Waals surface area contributed by atoms with Crippen LogP contribution >= 0.6 is 46.7 Å². The first-order valence-corrected chi connectivity index (χ1v) is 9.38. The first-order chi connectivity index (χ1) is 11.9. The molecule has 2 rings (SSSR count). The SMILES string of the molecule is CSc1ncc(C(F)(F)F)c(Cl)n1.CSc1ncc(C(F)(F)F)c(Cl)n1. The van der Waals surface area contributed by atoms with Crippen molar-refractivity contribution in [1.29, 1.82) is 0 Å². The van der Waals surface area contributed by atoms with Crippen LogP contribution in [0.5, 0.6) is 0 Å². The fourth-order valence-corrected chi connectivity index (χ4v) is 2.52. The number of hydrogen-bond donors (Lipinski definition) is 0. The molecule has 144 valence electrons. The lowest BCUT2D eigenvalue weighted by atomic mass is 10.3. The van der Waals surface area contributed by atoms with Gasteiger partial charge in [-0.2, -0.15) is 26.3 Å². The predicted octanol–water partition coefficient (Wildman–Crippen LogP) is 5.74. The van der Waals surface area contributed by atoms with Crippen LogP contribution in [0.4, 0.5) is 26.3 Å². The number of hydrogen-bond acceptors (Lipinski definition) is 6. The third-order valence-electron chi connectivity index (χ3n) is 2.42. The minimum atomic E-state index is -4.49. The van der Waals surface area contributed by atoms with Crippen LogP contribution in [-0.2, 0) is 12.4 Å². The predicted molar refractivity (Wildman–Crippen MR) is 87.7 cm³/mol. The summed E-state index contributed by atoms with van der Waals surface area (Å²) in [4.78, 5) is 13.9. The molecule has 0 aliphatic rings. The highest BCUT2D eigenvalue weighted by Gasteiger charge is 2.35. The Morgan fingerprint density at radius 1 is 0.731 bits per heavy atom. The second-order valence-electron chi connectivity index (χ2n) is 4.12. The second-order valence-corrected chi connectivity index (χ2v) is 6.38. The van der Waals surface area contributed by atoms with Gasteiger partial charge in [0.15, 0.2) is 10.3 Å². The molecule has 2 aromatic heterocycles. The average Bonchev–Trinajstić information content (AvgIpc) is 2.52. The van der Waals surface area contributed by atoms with E-state index in [4.69, 9.17) is 23.2 Å². The summed E-state index contributed by atoms with van der Waals surface area (Å²) in [5.41, 5.74) is -2.01. The molecule has 26 heavy (non-hydrogen) atoms. The van der Waals surface area contributed by atoms with E-state index < -0.39 is 33.8 Å². The molecule has 0 aliphatic heterocycles. The van der Waals surface area contributed by atoms with Gasteiger partial charge in [-0.15, -0.1) is 0 Å². The highest BCUT2D eigenvalue weighted by atomic mass is 35.5. The van der Waals surface area contributed by atoms with Gasteiger partial charge in [-0.1, -0.05) is 46.7 Å². The van der Waals surface area contributed by atoms with Crippen LogP contribution in [0.25, 0.3) is 0 Å². The smallest absolute Gasteiger partial charge is 0.230 e. The van der Waals surface area contributed by atoms with Gasteiger partial charge in [0.25, 0.3) is 0 Å². The minimum absolute atomic E-state index is 0.220. The normalized spacial score (nSPS) is 11.8. The van der Waals surface area contributed by atoms with Crippen LogP contribution in [-0.4, -0.2) is 32.4 Å². The summed E-state index contributed by atoms with van der Waals surface area (Å²) in [6, 6.07) is 0. The van der Waals surface area contributed by atoms with Gasteiger partial charge in [-0.25, -0.2) is 19.9 Å². The van der Waals surface area contributed by atoms with Crippen molar-refractivity contribution in [3.05, 3.63) is 33.8 Å². The largest absolute Gasteiger partial charge is 0.420 e. The highest BCUT2D eigenvalue weighted by Crippen LogP contribution is 2.34. The van der Waals surface area contributed by atoms with Gasteiger partial charge in [0.1, 0.15) is 21.4 Å². The maximum Gasteiger partial charge on any atom is 0.420 e. The lowest BCUT2D eigenvalue weighted by Crippen LogP contribution is -2.08. The van der Waals surface area contributed by atoms with Crippen LogP contribution in [0.3, 0.4) is 0 Å². The molecule has 4 nitrogen and oxygen atoms in total. The second kappa shape index (κ2) is 9.29. The Morgan fingerprint density at radius 3 is 1.23 bits per heavy atom. The summed E-state index contributed by atoms with van der Waals surface area (Å²) in [7, 11) is 0. The summed E-state index contributed by atoms with van der Waals surface area (Å²) >= 11 is 12.9. The minimum Gasteiger partial charge on any atom is -0.230 e. The van der Waals surface area contributed by atoms with Gasteiger partial charge < -0.3 is 0 Å². The lowest BCUT2D eigenvalue weighted by Gasteiger charge is -2.07. The van der Waals surface area contributed by atoms with E-state index in [-0.39, 0.29) is 10.3 Å². The van der Waals surface area contributed by atoms with Gasteiger partial charge in [0.2, 0.25) is 0 Å². The van der Waals surface area contributed by atoms with Crippen LogP contribution in [0.15, 0.2) is 22.7 Å². The summed E-state index contributed by atoms with van der Waals surface area (Å²) in [6.45, 7) is 0. The molecule has 14 heteroatoms. The number of rotatable bonds is 2. The van der Waals surface area contributed by atoms with Crippen molar-refractivity contribution in [2.45, 2.75) is 22.7 Å². The van der Waals surface area contributed by atoms with Gasteiger partial charge in [-0.05, 0) is 12.5 Å². The highest BCUT2D eigenvalue weighted by molar-refractivity contribution is 7.98. The lowest BCUT2D eigenvalue weighted by molar-refractivity contribution is -0.138. The zero-order valence-electron chi connectivity index (χ0n) is 12.8. The number of thioether (sulfide) groups is 2. The van der Waals surface area contributed by atoms with Crippen molar-refractivity contribution in [3.8, 4) is 0 Å². The Morgan fingerprint density at radius 2 is 1.04 bits per heavy atom. The van der Waals surface area contributed by atoms with Gasteiger partial charge in [-0.3, -0.25) is 0 Å². The summed E-state index contributed by atoms with van der Waals surface area (Å²) in [5, 5.41) is -0.685. The molecular formula is C12H8Cl2F6N4S2. The Bertz CT molecular complexity index is 694. The molecule has 2 heterocycles. The van der Waals surface area contributed by atoms with E-state index in [1.807, 2.05) is 0 Å². The Labute approximate surface area is 162 Å². The fraction of sp³-hybridized carbons (Fsp3) is 0.333. The maximum absolute atomic E-state index is 12.1. The summed E-state index contributed by atoms with van der Waals surface area (Å²) in [5.74, 6) is 0. The third kappa shape index (κ3) is 6.63. The van der Waals surface area contributed by atoms with Crippen molar-refractivity contribution in [1.82, 2.24) is 19.9 Å². The van der Waals surface area contributed by atoms with Crippen molar-refractivity contribution < 1.29 is 26.3 Å². The topological polar surface area (TPSA) is 51.6 Å². The Balaban J connectivity index is 0.000000260. The molecule has 2 aromatic rings. The molecule has 0 unspecified atom stereocenters. The zero-order valence-corrected chi connectivity index (χ0v) is 15.9. The Hall–Kier alpha value is -0.980. The molecule has 0 saturated heterocycles. The van der Waals surface area contributed by atoms with Crippen molar-refractivity contribution in [2.24, 2.45) is 0 Å². The van der Waals surface area contributed by atoms with E-state index >= 15 is 0 Å². The molecule has 0 aliphatic carbocycles. The first-order valence-electron chi connectivity index (χ1n) is 6.17. The molecule has 0 fully saturated rings. The van der Waals surface area contributed by atoms with Gasteiger partial charge in [0, 0.05) is 12.4 Å². The maximum atomic E-state index is 12.1. The van der Waals surface area contributed by atoms with E-state index in [0.29, 0.717) is 12.4 Å². The summed E-state index contributed by atoms with van der Waals surface area (Å²) in [6.07, 6.45) is -4.32. The van der Waals surface area contributed by atoms with Crippen molar-refractivity contribution in [3.63, 3.8) is 0 Å². The third-order valence-corrected chi connectivity index (χ3v) is 4.12. The van der Waals surface area contributed by atoms with E-state index in [2.05, 4.69) is 19.9 Å². The molecule has 0 aromatic carbocycles. The monoisotopic (exact) mass is 456 g/mol. The quantitative estimate of drug-likeness (QED) is 0.248. The molecule has 0 spiro atoms. The van der Waals surface area contributed by atoms with Crippen LogP contribution in [0.1, 0.15) is 11.1 Å². The molecule has 0 saturated carbocycles. The van der Waals surface area contributed by atoms with Gasteiger partial charge in [0.05, 0.1) is 0 Å². The first kappa shape index (κ1) is 23.1. The standard InChI is InChI=1S/2C6H4ClF3N2S/c2*1-13-5-11-2-3(4(7)12-5)6(8,9)10/h2*2H,1H3. The van der Waals surface area contributed by atoms with E-state index in [9.17, 15) is 26.3 Å². The molecular weight excluding hydrogens is 449 g/mol. The van der Waals surface area contributed by atoms with E-state index in [1.165, 1.54) is 0 Å². The molecule has 0 radical (unpaired) electrons. The van der Waals surface area contributed by atoms with E-state index in [1.54, 1.807) is 12.5 Å². The number of alkyl halides is 6. The number of halogens is 8. The molecule has 0 atom stereocenters. The molecule has 0 amide bonds. The fourth-order valence-electron chi connectivity index (χ4n) is 1.27. The van der Waals surface area contributed by atoms with Crippen LogP contribution in [0.2, 0.25) is 10.3 Å². The van der Waals surface area contributed by atoms with E-state index in [0.717, 1.165) is 23.5 Å². The number of aromatic nitrogens is 4. The molecule has 0 N–H and O–H groups in total. The summed E-state index contributed by atoms with van der Waals surface area (Å²) < 4.78 is 72.7. The van der Waals surface area contributed by atoms with Crippen LogP contribution in [0, 0.1) is 0 Å².